The van der Waals surface area contributed by atoms with E-state index in [0.717, 1.165) is 11.8 Å². The van der Waals surface area contributed by atoms with Gasteiger partial charge in [0.25, 0.3) is 0 Å². The minimum atomic E-state index is -1.07. The molecule has 8 nitrogen and oxygen atoms in total. The zero-order valence-corrected chi connectivity index (χ0v) is 16.8. The molecule has 0 saturated heterocycles. The van der Waals surface area contributed by atoms with E-state index in [1.165, 1.54) is 29.3 Å². The Morgan fingerprint density at radius 3 is 2.90 bits per heavy atom. The Bertz CT molecular complexity index is 889. The Hall–Kier alpha value is -2.56. The van der Waals surface area contributed by atoms with Crippen molar-refractivity contribution in [3.8, 4) is 0 Å². The molecule has 1 aromatic carbocycles. The van der Waals surface area contributed by atoms with Gasteiger partial charge in [-0.15, -0.1) is 0 Å². The number of aromatic nitrogens is 1. The maximum Gasteiger partial charge on any atom is 0.396 e. The maximum atomic E-state index is 14.6. The molecular formula is C18H17ClFN3O5S. The molecule has 29 heavy (non-hydrogen) atoms. The Balaban J connectivity index is 1.79. The monoisotopic (exact) mass is 441 g/mol. The fourth-order valence-corrected chi connectivity index (χ4v) is 3.78. The van der Waals surface area contributed by atoms with Crippen molar-refractivity contribution >= 4 is 46.6 Å². The minimum absolute atomic E-state index is 0.0248. The molecule has 0 fully saturated rings. The molecule has 11 heteroatoms. The summed E-state index contributed by atoms with van der Waals surface area (Å²) in [5, 5.41) is 7.93. The lowest BCUT2D eigenvalue weighted by atomic mass is 10.2. The summed E-state index contributed by atoms with van der Waals surface area (Å²) in [4.78, 5) is 25.6. The first-order valence-corrected chi connectivity index (χ1v) is 9.90. The summed E-state index contributed by atoms with van der Waals surface area (Å²) in [5.74, 6) is -2.32. The lowest BCUT2D eigenvalue weighted by Crippen LogP contribution is -2.46. The number of ether oxygens (including phenoxy) is 2. The predicted molar refractivity (Wildman–Crippen MR) is 105 cm³/mol. The van der Waals surface area contributed by atoms with Crippen molar-refractivity contribution in [2.75, 3.05) is 24.7 Å². The van der Waals surface area contributed by atoms with Gasteiger partial charge in [-0.25, -0.2) is 9.18 Å². The highest BCUT2D eigenvalue weighted by Crippen LogP contribution is 2.43. The molecule has 0 spiro atoms. The number of para-hydroxylation sites is 1. The van der Waals surface area contributed by atoms with Gasteiger partial charge >= 0.3 is 11.9 Å². The molecule has 1 unspecified atom stereocenters. The summed E-state index contributed by atoms with van der Waals surface area (Å²) in [6, 6.07) is 5.80. The summed E-state index contributed by atoms with van der Waals surface area (Å²) in [6.07, 6.45) is 1.43. The van der Waals surface area contributed by atoms with Crippen molar-refractivity contribution in [2.45, 2.75) is 12.4 Å². The Morgan fingerprint density at radius 2 is 2.21 bits per heavy atom. The van der Waals surface area contributed by atoms with Crippen LogP contribution in [0, 0.1) is 5.82 Å². The average molecular weight is 442 g/mol. The van der Waals surface area contributed by atoms with E-state index >= 15 is 0 Å². The van der Waals surface area contributed by atoms with Gasteiger partial charge in [-0.1, -0.05) is 34.6 Å². The first-order valence-electron chi connectivity index (χ1n) is 8.58. The first kappa shape index (κ1) is 21.2. The number of esters is 1. The van der Waals surface area contributed by atoms with Gasteiger partial charge < -0.3 is 24.2 Å². The van der Waals surface area contributed by atoms with Crippen LogP contribution in [0.2, 0.25) is 5.02 Å². The number of amides is 1. The molecule has 1 aliphatic heterocycles. The van der Waals surface area contributed by atoms with Gasteiger partial charge in [0.15, 0.2) is 11.3 Å². The van der Waals surface area contributed by atoms with Crippen LogP contribution in [-0.4, -0.2) is 42.4 Å². The zero-order chi connectivity index (χ0) is 20.8. The highest BCUT2D eigenvalue weighted by molar-refractivity contribution is 8.03. The van der Waals surface area contributed by atoms with Gasteiger partial charge in [0.1, 0.15) is 12.4 Å². The topological polar surface area (TPSA) is 93.9 Å². The fourth-order valence-electron chi connectivity index (χ4n) is 2.53. The van der Waals surface area contributed by atoms with Gasteiger partial charge in [0.2, 0.25) is 0 Å². The zero-order valence-electron chi connectivity index (χ0n) is 15.3. The van der Waals surface area contributed by atoms with Crippen LogP contribution in [0.4, 0.5) is 10.1 Å². The van der Waals surface area contributed by atoms with Crippen LogP contribution in [-0.2, 0) is 19.1 Å². The van der Waals surface area contributed by atoms with E-state index in [4.69, 9.17) is 25.6 Å². The third kappa shape index (κ3) is 4.89. The highest BCUT2D eigenvalue weighted by Gasteiger charge is 2.36. The Labute approximate surface area is 174 Å². The summed E-state index contributed by atoms with van der Waals surface area (Å²) in [7, 11) is 0. The van der Waals surface area contributed by atoms with Crippen LogP contribution >= 0.6 is 23.4 Å². The Morgan fingerprint density at radius 1 is 1.38 bits per heavy atom. The van der Waals surface area contributed by atoms with Crippen LogP contribution in [0.15, 0.2) is 40.4 Å². The number of thioether (sulfide) groups is 1. The number of nitrogens with zero attached hydrogens (tertiary/aromatic N) is 2. The largest absolute Gasteiger partial charge is 0.456 e. The van der Waals surface area contributed by atoms with Crippen molar-refractivity contribution in [3.05, 3.63) is 52.5 Å². The number of rotatable bonds is 7. The third-order valence-corrected chi connectivity index (χ3v) is 5.03. The van der Waals surface area contributed by atoms with Gasteiger partial charge in [0, 0.05) is 18.1 Å². The second-order valence-corrected chi connectivity index (χ2v) is 6.98. The molecule has 0 bridgehead atoms. The highest BCUT2D eigenvalue weighted by atomic mass is 35.5. The van der Waals surface area contributed by atoms with Gasteiger partial charge in [-0.2, -0.15) is 0 Å². The van der Waals surface area contributed by atoms with Gasteiger partial charge in [0.05, 0.1) is 29.2 Å². The molecule has 0 aliphatic carbocycles. The molecule has 2 heterocycles. The quantitative estimate of drug-likeness (QED) is 0.398. The van der Waals surface area contributed by atoms with E-state index in [0.29, 0.717) is 18.1 Å². The summed E-state index contributed by atoms with van der Waals surface area (Å²) in [6.45, 7) is 2.40. The van der Waals surface area contributed by atoms with E-state index in [-0.39, 0.29) is 23.9 Å². The number of hydrogen-bond acceptors (Lipinski definition) is 8. The molecule has 1 N–H and O–H groups in total. The minimum Gasteiger partial charge on any atom is -0.456 e. The maximum absolute atomic E-state index is 14.6. The second kappa shape index (κ2) is 9.77. The van der Waals surface area contributed by atoms with Gasteiger partial charge in [-0.05, 0) is 19.1 Å². The van der Waals surface area contributed by atoms with Crippen LogP contribution in [0.1, 0.15) is 12.7 Å². The third-order valence-electron chi connectivity index (χ3n) is 3.78. The van der Waals surface area contributed by atoms with E-state index in [9.17, 15) is 14.0 Å². The molecule has 2 aromatic rings. The smallest absolute Gasteiger partial charge is 0.396 e. The summed E-state index contributed by atoms with van der Waals surface area (Å²) in [5.41, 5.74) is -0.414. The van der Waals surface area contributed by atoms with Crippen molar-refractivity contribution < 1.29 is 28.0 Å². The van der Waals surface area contributed by atoms with Crippen LogP contribution in [0.5, 0.6) is 0 Å². The molecule has 1 aromatic heterocycles. The lowest BCUT2D eigenvalue weighted by Gasteiger charge is -2.29. The van der Waals surface area contributed by atoms with E-state index < -0.39 is 23.2 Å². The SMILES string of the molecule is CCOCCOC(=O)C(=O)NC1SC=C(c2ccno2)N1c1c(F)cccc1Cl. The standard InChI is InChI=1S/C18H17ClFN3O5S/c1-2-26-8-9-27-17(25)16(24)22-18-23(15-11(19)4-3-5-12(15)20)13(10-29-18)14-6-7-21-28-14/h3-7,10,18H,2,8-9H2,1H3,(H,22,24). The summed E-state index contributed by atoms with van der Waals surface area (Å²) < 4.78 is 29.7. The molecule has 154 valence electrons. The predicted octanol–water partition coefficient (Wildman–Crippen LogP) is 3.00. The van der Waals surface area contributed by atoms with Crippen LogP contribution in [0.3, 0.4) is 0 Å². The van der Waals surface area contributed by atoms with Crippen LogP contribution in [0.25, 0.3) is 5.70 Å². The molecule has 1 amide bonds. The average Bonchev–Trinajstić information content (AvgIpc) is 3.35. The number of hydrogen-bond donors (Lipinski definition) is 1. The summed E-state index contributed by atoms with van der Waals surface area (Å²) >= 11 is 7.35. The van der Waals surface area contributed by atoms with Crippen molar-refractivity contribution in [1.82, 2.24) is 10.5 Å². The number of benzene rings is 1. The molecule has 1 atom stereocenters. The lowest BCUT2D eigenvalue weighted by molar-refractivity contribution is -0.156. The van der Waals surface area contributed by atoms with E-state index in [2.05, 4.69) is 10.5 Å². The second-order valence-electron chi connectivity index (χ2n) is 5.61. The van der Waals surface area contributed by atoms with Crippen LogP contribution < -0.4 is 10.2 Å². The molecule has 1 aliphatic rings. The van der Waals surface area contributed by atoms with E-state index in [1.807, 2.05) is 0 Å². The molecule has 3 rings (SSSR count). The van der Waals surface area contributed by atoms with E-state index in [1.54, 1.807) is 18.4 Å². The number of nitrogens with one attached hydrogen (secondary N) is 1. The fraction of sp³-hybridized carbons (Fsp3) is 0.278. The number of anilines is 1. The number of carbonyl (C=O) groups excluding carboxylic acids is 2. The molecule has 0 saturated carbocycles. The molecule has 0 radical (unpaired) electrons. The number of carbonyl (C=O) groups is 2. The van der Waals surface area contributed by atoms with Crippen molar-refractivity contribution in [2.24, 2.45) is 0 Å². The van der Waals surface area contributed by atoms with Crippen molar-refractivity contribution in [1.29, 1.82) is 0 Å². The van der Waals surface area contributed by atoms with Crippen molar-refractivity contribution in [3.63, 3.8) is 0 Å². The number of halogens is 2. The first-order chi connectivity index (χ1) is 14.0. The Kier molecular flexibility index (Phi) is 7.13. The van der Waals surface area contributed by atoms with Gasteiger partial charge in [-0.3, -0.25) is 4.79 Å². The normalized spacial score (nSPS) is 15.9. The molecular weight excluding hydrogens is 425 g/mol.